The predicted octanol–water partition coefficient (Wildman–Crippen LogP) is 2.73. The van der Waals surface area contributed by atoms with E-state index in [0.29, 0.717) is 18.3 Å². The van der Waals surface area contributed by atoms with Gasteiger partial charge in [0, 0.05) is 29.2 Å². The summed E-state index contributed by atoms with van der Waals surface area (Å²) in [6.45, 7) is 6.46. The maximum absolute atomic E-state index is 9.76. The second-order valence-corrected chi connectivity index (χ2v) is 5.98. The average Bonchev–Trinajstić information content (AvgIpc) is 2.83. The number of phenols is 1. The van der Waals surface area contributed by atoms with Crippen LogP contribution in [0.4, 0.5) is 0 Å². The van der Waals surface area contributed by atoms with Crippen LogP contribution in [0.1, 0.15) is 25.3 Å². The number of halogens is 1. The van der Waals surface area contributed by atoms with Crippen molar-refractivity contribution in [3.8, 4) is 5.75 Å². The number of hydrogen-bond acceptors (Lipinski definition) is 3. The van der Waals surface area contributed by atoms with E-state index in [9.17, 15) is 5.11 Å². The average molecular weight is 313 g/mol. The summed E-state index contributed by atoms with van der Waals surface area (Å²) in [5.74, 6) is 0.360. The van der Waals surface area contributed by atoms with Gasteiger partial charge in [-0.3, -0.25) is 0 Å². The molecule has 1 aromatic carbocycles. The lowest BCUT2D eigenvalue weighted by Crippen LogP contribution is -2.37. The van der Waals surface area contributed by atoms with E-state index in [1.807, 2.05) is 12.1 Å². The van der Waals surface area contributed by atoms with Gasteiger partial charge in [0.05, 0.1) is 0 Å². The second-order valence-electron chi connectivity index (χ2n) is 5.06. The molecule has 0 aromatic heterocycles. The Bertz CT molecular complexity index is 391. The Labute approximate surface area is 117 Å². The minimum absolute atomic E-state index is 0.360. The molecule has 100 valence electrons. The fourth-order valence-corrected chi connectivity index (χ4v) is 2.81. The predicted molar refractivity (Wildman–Crippen MR) is 77.8 cm³/mol. The zero-order valence-electron chi connectivity index (χ0n) is 10.8. The van der Waals surface area contributed by atoms with Gasteiger partial charge in [0.25, 0.3) is 0 Å². The van der Waals surface area contributed by atoms with Gasteiger partial charge in [-0.05, 0) is 51.1 Å². The zero-order chi connectivity index (χ0) is 13.0. The summed E-state index contributed by atoms with van der Waals surface area (Å²) in [5, 5.41) is 13.2. The molecule has 4 heteroatoms. The van der Waals surface area contributed by atoms with Crippen LogP contribution in [0.25, 0.3) is 0 Å². The van der Waals surface area contributed by atoms with Crippen molar-refractivity contribution in [1.82, 2.24) is 10.2 Å². The summed E-state index contributed by atoms with van der Waals surface area (Å²) >= 11 is 3.43. The normalized spacial score (nSPS) is 18.1. The van der Waals surface area contributed by atoms with Crippen LogP contribution in [0.3, 0.4) is 0 Å². The van der Waals surface area contributed by atoms with Gasteiger partial charge >= 0.3 is 0 Å². The van der Waals surface area contributed by atoms with E-state index in [1.54, 1.807) is 6.07 Å². The molecule has 0 amide bonds. The first-order valence-electron chi connectivity index (χ1n) is 6.58. The van der Waals surface area contributed by atoms with Crippen LogP contribution in [0.5, 0.6) is 5.75 Å². The standard InChI is InChI=1S/C14H21BrN2O/c1-11(10-17-6-2-3-7-17)16-9-12-8-13(15)4-5-14(12)18/h4-5,8,11,16,18H,2-3,6-7,9-10H2,1H3. The molecule has 0 radical (unpaired) electrons. The van der Waals surface area contributed by atoms with Crippen molar-refractivity contribution in [2.45, 2.75) is 32.4 Å². The van der Waals surface area contributed by atoms with Gasteiger partial charge in [-0.2, -0.15) is 0 Å². The van der Waals surface area contributed by atoms with Crippen molar-refractivity contribution in [3.63, 3.8) is 0 Å². The lowest BCUT2D eigenvalue weighted by Gasteiger charge is -2.21. The molecule has 1 aromatic rings. The Morgan fingerprint density at radius 1 is 1.39 bits per heavy atom. The highest BCUT2D eigenvalue weighted by Gasteiger charge is 2.14. The Morgan fingerprint density at radius 3 is 2.83 bits per heavy atom. The molecule has 0 aliphatic carbocycles. The van der Waals surface area contributed by atoms with Crippen LogP contribution < -0.4 is 5.32 Å². The Balaban J connectivity index is 1.81. The van der Waals surface area contributed by atoms with Crippen molar-refractivity contribution < 1.29 is 5.11 Å². The van der Waals surface area contributed by atoms with Gasteiger partial charge in [-0.25, -0.2) is 0 Å². The second kappa shape index (κ2) is 6.55. The summed E-state index contributed by atoms with van der Waals surface area (Å²) in [6, 6.07) is 5.99. The zero-order valence-corrected chi connectivity index (χ0v) is 12.4. The van der Waals surface area contributed by atoms with E-state index in [0.717, 1.165) is 16.6 Å². The summed E-state index contributed by atoms with van der Waals surface area (Å²) in [4.78, 5) is 2.50. The molecule has 2 N–H and O–H groups in total. The minimum Gasteiger partial charge on any atom is -0.508 e. The SMILES string of the molecule is CC(CN1CCCC1)NCc1cc(Br)ccc1O. The first-order chi connectivity index (χ1) is 8.65. The molecule has 1 atom stereocenters. The van der Waals surface area contributed by atoms with E-state index < -0.39 is 0 Å². The molecule has 1 saturated heterocycles. The minimum atomic E-state index is 0.360. The van der Waals surface area contributed by atoms with Gasteiger partial charge in [-0.15, -0.1) is 0 Å². The monoisotopic (exact) mass is 312 g/mol. The molecule has 0 saturated carbocycles. The highest BCUT2D eigenvalue weighted by molar-refractivity contribution is 9.10. The Kier molecular flexibility index (Phi) is 5.03. The number of aromatic hydroxyl groups is 1. The van der Waals surface area contributed by atoms with Crippen LogP contribution in [-0.2, 0) is 6.54 Å². The lowest BCUT2D eigenvalue weighted by atomic mass is 10.2. The third kappa shape index (κ3) is 3.97. The first-order valence-corrected chi connectivity index (χ1v) is 7.37. The van der Waals surface area contributed by atoms with Crippen LogP contribution in [0, 0.1) is 0 Å². The van der Waals surface area contributed by atoms with Gasteiger partial charge in [-0.1, -0.05) is 15.9 Å². The van der Waals surface area contributed by atoms with Crippen molar-refractivity contribution in [1.29, 1.82) is 0 Å². The maximum atomic E-state index is 9.76. The van der Waals surface area contributed by atoms with Crippen LogP contribution in [0.15, 0.2) is 22.7 Å². The molecule has 1 aliphatic rings. The van der Waals surface area contributed by atoms with Gasteiger partial charge < -0.3 is 15.3 Å². The Hall–Kier alpha value is -0.580. The third-order valence-corrected chi connectivity index (χ3v) is 3.91. The van der Waals surface area contributed by atoms with Gasteiger partial charge in [0.15, 0.2) is 0 Å². The molecule has 1 aliphatic heterocycles. The quantitative estimate of drug-likeness (QED) is 0.877. The maximum Gasteiger partial charge on any atom is 0.120 e. The first kappa shape index (κ1) is 13.8. The number of likely N-dealkylation sites (tertiary alicyclic amines) is 1. The molecule has 1 heterocycles. The molecule has 0 bridgehead atoms. The molecule has 0 spiro atoms. The summed E-state index contributed by atoms with van der Waals surface area (Å²) < 4.78 is 1.00. The molecule has 1 fully saturated rings. The number of phenolic OH excluding ortho intramolecular Hbond substituents is 1. The number of nitrogens with one attached hydrogen (secondary N) is 1. The van der Waals surface area contributed by atoms with Crippen molar-refractivity contribution >= 4 is 15.9 Å². The topological polar surface area (TPSA) is 35.5 Å². The van der Waals surface area contributed by atoms with Crippen molar-refractivity contribution in [3.05, 3.63) is 28.2 Å². The highest BCUT2D eigenvalue weighted by Crippen LogP contribution is 2.21. The van der Waals surface area contributed by atoms with E-state index in [-0.39, 0.29) is 0 Å². The summed E-state index contributed by atoms with van der Waals surface area (Å²) in [5.41, 5.74) is 0.942. The smallest absolute Gasteiger partial charge is 0.120 e. The van der Waals surface area contributed by atoms with Crippen molar-refractivity contribution in [2.24, 2.45) is 0 Å². The summed E-state index contributed by atoms with van der Waals surface area (Å²) in [6.07, 6.45) is 2.66. The Morgan fingerprint density at radius 2 is 2.11 bits per heavy atom. The molecular formula is C14H21BrN2O. The summed E-state index contributed by atoms with van der Waals surface area (Å²) in [7, 11) is 0. The van der Waals surface area contributed by atoms with Crippen LogP contribution in [0.2, 0.25) is 0 Å². The lowest BCUT2D eigenvalue weighted by molar-refractivity contribution is 0.297. The van der Waals surface area contributed by atoms with Crippen LogP contribution in [-0.4, -0.2) is 35.7 Å². The van der Waals surface area contributed by atoms with Gasteiger partial charge in [0.1, 0.15) is 5.75 Å². The fourth-order valence-electron chi connectivity index (χ4n) is 2.40. The van der Waals surface area contributed by atoms with E-state index in [1.165, 1.54) is 25.9 Å². The fraction of sp³-hybridized carbons (Fsp3) is 0.571. The van der Waals surface area contributed by atoms with Gasteiger partial charge in [0.2, 0.25) is 0 Å². The molecule has 1 unspecified atom stereocenters. The molecule has 18 heavy (non-hydrogen) atoms. The van der Waals surface area contributed by atoms with E-state index >= 15 is 0 Å². The number of rotatable bonds is 5. The number of hydrogen-bond donors (Lipinski definition) is 2. The largest absolute Gasteiger partial charge is 0.508 e. The number of benzene rings is 1. The highest BCUT2D eigenvalue weighted by atomic mass is 79.9. The van der Waals surface area contributed by atoms with Crippen molar-refractivity contribution in [2.75, 3.05) is 19.6 Å². The van der Waals surface area contributed by atoms with Crippen LogP contribution >= 0.6 is 15.9 Å². The molecular weight excluding hydrogens is 292 g/mol. The number of nitrogens with zero attached hydrogens (tertiary/aromatic N) is 1. The third-order valence-electron chi connectivity index (χ3n) is 3.41. The van der Waals surface area contributed by atoms with E-state index in [4.69, 9.17) is 0 Å². The molecule has 2 rings (SSSR count). The molecule has 3 nitrogen and oxygen atoms in total. The van der Waals surface area contributed by atoms with E-state index in [2.05, 4.69) is 33.1 Å².